The minimum atomic E-state index is -0.907. The average Bonchev–Trinajstić information content (AvgIpc) is 3.12. The number of H-pyrrole nitrogens is 1. The number of ketones is 1. The van der Waals surface area contributed by atoms with Crippen LogP contribution in [0.1, 0.15) is 27.8 Å². The van der Waals surface area contributed by atoms with Crippen molar-refractivity contribution in [2.24, 2.45) is 0 Å². The summed E-state index contributed by atoms with van der Waals surface area (Å²) in [6.45, 7) is 1.54. The lowest BCUT2D eigenvalue weighted by Crippen LogP contribution is -2.24. The molecule has 0 aliphatic rings. The second-order valence-corrected chi connectivity index (χ2v) is 5.55. The third-order valence-corrected chi connectivity index (χ3v) is 3.71. The number of furan rings is 1. The van der Waals surface area contributed by atoms with Crippen molar-refractivity contribution in [1.82, 2.24) is 4.98 Å². The van der Waals surface area contributed by atoms with Gasteiger partial charge < -0.3 is 14.1 Å². The molecule has 0 radical (unpaired) electrons. The molecule has 0 saturated heterocycles. The van der Waals surface area contributed by atoms with Gasteiger partial charge in [-0.25, -0.2) is 4.79 Å². The molecule has 112 valence electrons. The van der Waals surface area contributed by atoms with Crippen molar-refractivity contribution in [1.29, 1.82) is 0 Å². The Labute approximate surface area is 134 Å². The minimum absolute atomic E-state index is 0.0467. The molecule has 2 aromatic heterocycles. The van der Waals surface area contributed by atoms with Gasteiger partial charge in [0.1, 0.15) is 0 Å². The number of Topliss-reactive ketones (excluding diaryl/α,β-unsaturated/α-hetero) is 1. The molecule has 0 saturated carbocycles. The highest BCUT2D eigenvalue weighted by atomic mass is 79.9. The summed E-state index contributed by atoms with van der Waals surface area (Å²) in [7, 11) is 0. The fraction of sp³-hybridized carbons (Fsp3) is 0.125. The average molecular weight is 362 g/mol. The van der Waals surface area contributed by atoms with Crippen LogP contribution in [0.5, 0.6) is 0 Å². The van der Waals surface area contributed by atoms with Gasteiger partial charge in [-0.1, -0.05) is 18.2 Å². The van der Waals surface area contributed by atoms with Gasteiger partial charge in [0.25, 0.3) is 0 Å². The van der Waals surface area contributed by atoms with Gasteiger partial charge in [0.05, 0.1) is 0 Å². The zero-order valence-electron chi connectivity index (χ0n) is 11.6. The van der Waals surface area contributed by atoms with Crippen LogP contribution in [0.4, 0.5) is 0 Å². The first kappa shape index (κ1) is 14.6. The van der Waals surface area contributed by atoms with Crippen LogP contribution in [0.25, 0.3) is 10.9 Å². The summed E-state index contributed by atoms with van der Waals surface area (Å²) < 4.78 is 10.7. The molecule has 22 heavy (non-hydrogen) atoms. The summed E-state index contributed by atoms with van der Waals surface area (Å²) in [5.41, 5.74) is 1.36. The topological polar surface area (TPSA) is 72.3 Å². The normalized spacial score (nSPS) is 12.3. The van der Waals surface area contributed by atoms with E-state index in [1.807, 2.05) is 24.3 Å². The van der Waals surface area contributed by atoms with E-state index >= 15 is 0 Å². The van der Waals surface area contributed by atoms with Gasteiger partial charge in [-0.15, -0.1) is 0 Å². The largest absolute Gasteiger partial charge is 0.448 e. The highest BCUT2D eigenvalue weighted by Crippen LogP contribution is 2.21. The van der Waals surface area contributed by atoms with Crippen molar-refractivity contribution in [3.63, 3.8) is 0 Å². The van der Waals surface area contributed by atoms with E-state index in [4.69, 9.17) is 9.15 Å². The van der Waals surface area contributed by atoms with Crippen LogP contribution >= 0.6 is 15.9 Å². The number of aromatic nitrogens is 1. The zero-order valence-corrected chi connectivity index (χ0v) is 13.2. The minimum Gasteiger partial charge on any atom is -0.448 e. The molecule has 0 amide bonds. The molecule has 6 heteroatoms. The Balaban J connectivity index is 1.78. The van der Waals surface area contributed by atoms with Gasteiger partial charge in [0.15, 0.2) is 10.8 Å². The number of hydrogen-bond acceptors (Lipinski definition) is 4. The molecule has 1 atom stereocenters. The van der Waals surface area contributed by atoms with E-state index < -0.39 is 12.1 Å². The van der Waals surface area contributed by atoms with Crippen LogP contribution in [0.3, 0.4) is 0 Å². The maximum atomic E-state index is 12.5. The number of halogens is 1. The summed E-state index contributed by atoms with van der Waals surface area (Å²) >= 11 is 3.11. The van der Waals surface area contributed by atoms with E-state index in [1.54, 1.807) is 19.2 Å². The highest BCUT2D eigenvalue weighted by molar-refractivity contribution is 9.10. The number of ether oxygens (including phenoxy) is 1. The first-order valence-corrected chi connectivity index (χ1v) is 7.42. The van der Waals surface area contributed by atoms with Gasteiger partial charge in [-0.05, 0) is 41.1 Å². The van der Waals surface area contributed by atoms with Crippen molar-refractivity contribution < 1.29 is 18.7 Å². The van der Waals surface area contributed by atoms with Crippen molar-refractivity contribution in [2.45, 2.75) is 13.0 Å². The van der Waals surface area contributed by atoms with Crippen LogP contribution in [0.15, 0.2) is 51.7 Å². The molecule has 1 N–H and O–H groups in total. The number of carbonyl (C=O) groups is 2. The number of nitrogens with one attached hydrogen (secondary N) is 1. The molecule has 0 bridgehead atoms. The smallest absolute Gasteiger partial charge is 0.374 e. The lowest BCUT2D eigenvalue weighted by atomic mass is 10.1. The summed E-state index contributed by atoms with van der Waals surface area (Å²) in [4.78, 5) is 27.4. The van der Waals surface area contributed by atoms with Crippen LogP contribution < -0.4 is 0 Å². The van der Waals surface area contributed by atoms with E-state index in [0.29, 0.717) is 10.2 Å². The Kier molecular flexibility index (Phi) is 3.85. The van der Waals surface area contributed by atoms with Crippen LogP contribution in [-0.2, 0) is 4.74 Å². The van der Waals surface area contributed by atoms with E-state index in [1.165, 1.54) is 6.07 Å². The summed E-state index contributed by atoms with van der Waals surface area (Å²) in [6, 6.07) is 10.5. The Bertz CT molecular complexity index is 849. The SMILES string of the molecule is C[C@H](OC(=O)c1ccc(Br)o1)C(=O)c1c[nH]c2ccccc12. The number of benzene rings is 1. The monoisotopic (exact) mass is 361 g/mol. The third-order valence-electron chi connectivity index (χ3n) is 3.28. The predicted octanol–water partition coefficient (Wildman–Crippen LogP) is 3.95. The maximum absolute atomic E-state index is 12.5. The van der Waals surface area contributed by atoms with Crippen LogP contribution in [0, 0.1) is 0 Å². The van der Waals surface area contributed by atoms with Crippen molar-refractivity contribution in [2.75, 3.05) is 0 Å². The second kappa shape index (κ2) is 5.81. The number of aromatic amines is 1. The number of rotatable bonds is 4. The quantitative estimate of drug-likeness (QED) is 0.564. The number of para-hydroxylation sites is 1. The van der Waals surface area contributed by atoms with Crippen LogP contribution in [0.2, 0.25) is 0 Å². The lowest BCUT2D eigenvalue weighted by Gasteiger charge is -2.10. The molecule has 0 unspecified atom stereocenters. The van der Waals surface area contributed by atoms with Gasteiger partial charge in [-0.2, -0.15) is 0 Å². The molecule has 0 spiro atoms. The van der Waals surface area contributed by atoms with E-state index in [-0.39, 0.29) is 11.5 Å². The molecule has 3 rings (SSSR count). The fourth-order valence-corrected chi connectivity index (χ4v) is 2.50. The van der Waals surface area contributed by atoms with Crippen molar-refractivity contribution >= 4 is 38.6 Å². The number of carbonyl (C=O) groups excluding carboxylic acids is 2. The Morgan fingerprint density at radius 2 is 2.00 bits per heavy atom. The van der Waals surface area contributed by atoms with E-state index in [2.05, 4.69) is 20.9 Å². The second-order valence-electron chi connectivity index (χ2n) is 4.76. The van der Waals surface area contributed by atoms with Crippen molar-refractivity contribution in [3.8, 4) is 0 Å². The predicted molar refractivity (Wildman–Crippen MR) is 83.9 cm³/mol. The standard InChI is InChI=1S/C16H12BrNO4/c1-9(21-16(20)13-6-7-14(17)22-13)15(19)11-8-18-12-5-3-2-4-10(11)12/h2-9,18H,1H3/t9-/m0/s1. The number of fused-ring (bicyclic) bond motifs is 1. The lowest BCUT2D eigenvalue weighted by molar-refractivity contribution is 0.0288. The van der Waals surface area contributed by atoms with Gasteiger partial charge in [0.2, 0.25) is 11.5 Å². The third kappa shape index (κ3) is 2.69. The molecular weight excluding hydrogens is 350 g/mol. The van der Waals surface area contributed by atoms with Gasteiger partial charge in [0, 0.05) is 22.7 Å². The molecule has 0 aliphatic heterocycles. The number of esters is 1. The number of hydrogen-bond donors (Lipinski definition) is 1. The Morgan fingerprint density at radius 3 is 2.73 bits per heavy atom. The van der Waals surface area contributed by atoms with E-state index in [9.17, 15) is 9.59 Å². The van der Waals surface area contributed by atoms with Crippen molar-refractivity contribution in [3.05, 3.63) is 58.6 Å². The van der Waals surface area contributed by atoms with Crippen LogP contribution in [-0.4, -0.2) is 22.8 Å². The first-order valence-electron chi connectivity index (χ1n) is 6.63. The molecular formula is C16H12BrNO4. The molecule has 3 aromatic rings. The molecule has 0 fully saturated rings. The molecule has 0 aliphatic carbocycles. The summed E-state index contributed by atoms with van der Waals surface area (Å²) in [5.74, 6) is -0.895. The molecule has 1 aromatic carbocycles. The Morgan fingerprint density at radius 1 is 1.23 bits per heavy atom. The highest BCUT2D eigenvalue weighted by Gasteiger charge is 2.24. The zero-order chi connectivity index (χ0) is 15.7. The fourth-order valence-electron chi connectivity index (χ4n) is 2.19. The van der Waals surface area contributed by atoms with Gasteiger partial charge >= 0.3 is 5.97 Å². The van der Waals surface area contributed by atoms with E-state index in [0.717, 1.165) is 10.9 Å². The first-order chi connectivity index (χ1) is 10.6. The maximum Gasteiger partial charge on any atom is 0.374 e. The Hall–Kier alpha value is -2.34. The molecule has 5 nitrogen and oxygen atoms in total. The summed E-state index contributed by atoms with van der Waals surface area (Å²) in [5, 5.41) is 0.802. The summed E-state index contributed by atoms with van der Waals surface area (Å²) in [6.07, 6.45) is 0.719. The van der Waals surface area contributed by atoms with Gasteiger partial charge in [-0.3, -0.25) is 4.79 Å². The molecule has 2 heterocycles.